The van der Waals surface area contributed by atoms with Gasteiger partial charge < -0.3 is 10.6 Å². The number of nitrogens with zero attached hydrogens (tertiary/aromatic N) is 1. The molecular formula is C11H19N2+. The van der Waals surface area contributed by atoms with E-state index in [1.807, 2.05) is 0 Å². The summed E-state index contributed by atoms with van der Waals surface area (Å²) in [5.41, 5.74) is 5.18. The molecule has 0 atom stereocenters. The molecule has 1 rings (SSSR count). The summed E-state index contributed by atoms with van der Waals surface area (Å²) in [6, 6.07) is 10.5. The second-order valence-electron chi connectivity index (χ2n) is 3.12. The third-order valence-corrected chi connectivity index (χ3v) is 2.18. The summed E-state index contributed by atoms with van der Waals surface area (Å²) < 4.78 is 0. The van der Waals surface area contributed by atoms with Crippen molar-refractivity contribution in [3.8, 4) is 0 Å². The van der Waals surface area contributed by atoms with E-state index in [2.05, 4.69) is 47.9 Å². The highest BCUT2D eigenvalue weighted by Crippen LogP contribution is 2.12. The van der Waals surface area contributed by atoms with E-state index in [4.69, 9.17) is 0 Å². The van der Waals surface area contributed by atoms with E-state index in [9.17, 15) is 0 Å². The molecule has 0 aliphatic rings. The summed E-state index contributed by atoms with van der Waals surface area (Å²) in [5.74, 6) is 0. The highest BCUT2D eigenvalue weighted by atomic mass is 15.1. The Labute approximate surface area is 80.4 Å². The summed E-state index contributed by atoms with van der Waals surface area (Å²) in [7, 11) is 0. The molecule has 72 valence electrons. The van der Waals surface area contributed by atoms with E-state index in [0.717, 1.165) is 19.6 Å². The van der Waals surface area contributed by atoms with Crippen LogP contribution in [0.2, 0.25) is 0 Å². The second kappa shape index (κ2) is 5.60. The van der Waals surface area contributed by atoms with Gasteiger partial charge in [0, 0.05) is 25.2 Å². The first kappa shape index (κ1) is 10.1. The first-order valence-corrected chi connectivity index (χ1v) is 4.97. The minimum atomic E-state index is 1.02. The maximum absolute atomic E-state index is 3.86. The number of benzene rings is 1. The highest BCUT2D eigenvalue weighted by Gasteiger charge is 2.01. The maximum Gasteiger partial charge on any atom is 0.0756 e. The fourth-order valence-electron chi connectivity index (χ4n) is 1.41. The molecular weight excluding hydrogens is 160 g/mol. The molecule has 2 nitrogen and oxygen atoms in total. The molecule has 0 heterocycles. The lowest BCUT2D eigenvalue weighted by molar-refractivity contribution is -0.367. The van der Waals surface area contributed by atoms with Crippen LogP contribution in [0.4, 0.5) is 5.69 Å². The summed E-state index contributed by atoms with van der Waals surface area (Å²) in [4.78, 5) is 2.38. The normalized spacial score (nSPS) is 10.0. The molecule has 0 unspecified atom stereocenters. The Balaban J connectivity index is 2.56. The number of para-hydroxylation sites is 1. The van der Waals surface area contributed by atoms with Gasteiger partial charge in [-0.15, -0.1) is 0 Å². The third-order valence-electron chi connectivity index (χ3n) is 2.18. The highest BCUT2D eigenvalue weighted by molar-refractivity contribution is 5.45. The Morgan fingerprint density at radius 2 is 1.92 bits per heavy atom. The van der Waals surface area contributed by atoms with Crippen LogP contribution in [0.5, 0.6) is 0 Å². The molecule has 0 aromatic heterocycles. The van der Waals surface area contributed by atoms with E-state index in [0.29, 0.717) is 0 Å². The van der Waals surface area contributed by atoms with Crippen LogP contribution in [0, 0.1) is 0 Å². The van der Waals surface area contributed by atoms with Crippen LogP contribution in [-0.4, -0.2) is 19.6 Å². The molecule has 0 saturated carbocycles. The van der Waals surface area contributed by atoms with Crippen molar-refractivity contribution in [2.75, 3.05) is 24.5 Å². The van der Waals surface area contributed by atoms with Gasteiger partial charge in [0.15, 0.2) is 0 Å². The number of quaternary nitrogens is 1. The van der Waals surface area contributed by atoms with Crippen LogP contribution in [-0.2, 0) is 0 Å². The summed E-state index contributed by atoms with van der Waals surface area (Å²) >= 11 is 0. The van der Waals surface area contributed by atoms with E-state index in [1.54, 1.807) is 0 Å². The first-order chi connectivity index (χ1) is 6.38. The molecule has 0 radical (unpaired) electrons. The zero-order valence-electron chi connectivity index (χ0n) is 8.37. The van der Waals surface area contributed by atoms with E-state index in [1.165, 1.54) is 12.1 Å². The molecule has 0 fully saturated rings. The van der Waals surface area contributed by atoms with Crippen molar-refractivity contribution >= 4 is 5.69 Å². The molecule has 0 aliphatic heterocycles. The van der Waals surface area contributed by atoms with Crippen molar-refractivity contribution in [1.82, 2.24) is 0 Å². The molecule has 0 spiro atoms. The molecule has 3 N–H and O–H groups in total. The average Bonchev–Trinajstić information content (AvgIpc) is 2.21. The molecule has 0 saturated heterocycles. The van der Waals surface area contributed by atoms with Gasteiger partial charge in [0.1, 0.15) is 0 Å². The molecule has 0 bridgehead atoms. The van der Waals surface area contributed by atoms with Gasteiger partial charge in [-0.2, -0.15) is 0 Å². The van der Waals surface area contributed by atoms with Crippen LogP contribution in [0.15, 0.2) is 30.3 Å². The Morgan fingerprint density at radius 3 is 2.46 bits per heavy atom. The predicted molar refractivity (Wildman–Crippen MR) is 56.7 cm³/mol. The zero-order chi connectivity index (χ0) is 9.52. The molecule has 1 aromatic rings. The quantitative estimate of drug-likeness (QED) is 0.722. The predicted octanol–water partition coefficient (Wildman–Crippen LogP) is 1.14. The Morgan fingerprint density at radius 1 is 1.23 bits per heavy atom. The number of rotatable bonds is 5. The van der Waals surface area contributed by atoms with Gasteiger partial charge in [-0.25, -0.2) is 0 Å². The Bertz CT molecular complexity index is 221. The first-order valence-electron chi connectivity index (χ1n) is 4.97. The fourth-order valence-corrected chi connectivity index (χ4v) is 1.41. The largest absolute Gasteiger partial charge is 0.372 e. The van der Waals surface area contributed by atoms with Crippen LogP contribution >= 0.6 is 0 Å². The lowest BCUT2D eigenvalue weighted by atomic mass is 10.2. The number of hydrogen-bond acceptors (Lipinski definition) is 1. The van der Waals surface area contributed by atoms with Gasteiger partial charge in [-0.3, -0.25) is 0 Å². The standard InChI is InChI=1S/C11H18N2/c1-2-13(10-6-9-12)11-7-4-3-5-8-11/h3-5,7-8H,2,6,9-10,12H2,1H3/p+1. The van der Waals surface area contributed by atoms with Crippen LogP contribution in [0.1, 0.15) is 13.3 Å². The van der Waals surface area contributed by atoms with Gasteiger partial charge >= 0.3 is 0 Å². The molecule has 0 aliphatic carbocycles. The molecule has 0 amide bonds. The second-order valence-corrected chi connectivity index (χ2v) is 3.12. The van der Waals surface area contributed by atoms with Crippen LogP contribution in [0.25, 0.3) is 0 Å². The number of anilines is 1. The Kier molecular flexibility index (Phi) is 4.33. The zero-order valence-corrected chi connectivity index (χ0v) is 8.37. The third kappa shape index (κ3) is 3.07. The number of hydrogen-bond donors (Lipinski definition) is 1. The van der Waals surface area contributed by atoms with E-state index < -0.39 is 0 Å². The van der Waals surface area contributed by atoms with Gasteiger partial charge in [-0.1, -0.05) is 18.2 Å². The average molecular weight is 179 g/mol. The van der Waals surface area contributed by atoms with Gasteiger partial charge in [-0.05, 0) is 19.1 Å². The summed E-state index contributed by atoms with van der Waals surface area (Å²) in [6.07, 6.45) is 1.17. The van der Waals surface area contributed by atoms with Crippen LogP contribution < -0.4 is 10.6 Å². The topological polar surface area (TPSA) is 30.9 Å². The Hall–Kier alpha value is -1.02. The van der Waals surface area contributed by atoms with Gasteiger partial charge in [0.25, 0.3) is 0 Å². The van der Waals surface area contributed by atoms with Crippen molar-refractivity contribution in [3.05, 3.63) is 30.3 Å². The summed E-state index contributed by atoms with van der Waals surface area (Å²) in [6.45, 7) is 5.40. The minimum Gasteiger partial charge on any atom is -0.372 e. The molecule has 13 heavy (non-hydrogen) atoms. The maximum atomic E-state index is 3.86. The molecule has 2 heteroatoms. The van der Waals surface area contributed by atoms with Crippen molar-refractivity contribution in [3.63, 3.8) is 0 Å². The van der Waals surface area contributed by atoms with Gasteiger partial charge in [0.2, 0.25) is 0 Å². The SMILES string of the molecule is CCN(CCC[NH3+])c1ccccc1. The van der Waals surface area contributed by atoms with Crippen molar-refractivity contribution < 1.29 is 5.73 Å². The van der Waals surface area contributed by atoms with Crippen molar-refractivity contribution in [2.24, 2.45) is 0 Å². The van der Waals surface area contributed by atoms with Crippen molar-refractivity contribution in [1.29, 1.82) is 0 Å². The monoisotopic (exact) mass is 179 g/mol. The summed E-state index contributed by atoms with van der Waals surface area (Å²) in [5, 5.41) is 0. The molecule has 1 aromatic carbocycles. The van der Waals surface area contributed by atoms with Gasteiger partial charge in [0.05, 0.1) is 6.54 Å². The minimum absolute atomic E-state index is 1.02. The van der Waals surface area contributed by atoms with Crippen LogP contribution in [0.3, 0.4) is 0 Å². The fraction of sp³-hybridized carbons (Fsp3) is 0.455. The van der Waals surface area contributed by atoms with E-state index in [-0.39, 0.29) is 0 Å². The lowest BCUT2D eigenvalue weighted by Crippen LogP contribution is -2.51. The lowest BCUT2D eigenvalue weighted by Gasteiger charge is -2.22. The van der Waals surface area contributed by atoms with Crippen molar-refractivity contribution in [2.45, 2.75) is 13.3 Å². The van der Waals surface area contributed by atoms with E-state index >= 15 is 0 Å². The smallest absolute Gasteiger partial charge is 0.0756 e.